The first-order valence-corrected chi connectivity index (χ1v) is 7.94. The Labute approximate surface area is 137 Å². The molecule has 3 aromatic rings. The summed E-state index contributed by atoms with van der Waals surface area (Å²) in [6.07, 6.45) is 3.46. The van der Waals surface area contributed by atoms with Crippen molar-refractivity contribution in [3.05, 3.63) is 82.7 Å². The van der Waals surface area contributed by atoms with Crippen molar-refractivity contribution in [2.45, 2.75) is 10.9 Å². The van der Waals surface area contributed by atoms with Gasteiger partial charge in [0.25, 0.3) is 5.69 Å². The normalized spacial score (nSPS) is 10.4. The molecule has 0 unspecified atom stereocenters. The molecule has 0 saturated carbocycles. The van der Waals surface area contributed by atoms with Gasteiger partial charge in [0.1, 0.15) is 0 Å². The molecule has 6 heteroatoms. The van der Waals surface area contributed by atoms with E-state index in [-0.39, 0.29) is 5.69 Å². The van der Waals surface area contributed by atoms with Crippen molar-refractivity contribution in [2.24, 2.45) is 0 Å². The lowest BCUT2D eigenvalue weighted by Crippen LogP contribution is -1.88. The van der Waals surface area contributed by atoms with Gasteiger partial charge in [-0.3, -0.25) is 10.1 Å². The summed E-state index contributed by atoms with van der Waals surface area (Å²) < 4.78 is 0. The second-order valence-corrected chi connectivity index (χ2v) is 5.76. The number of hydrogen-bond donors (Lipinski definition) is 0. The highest BCUT2D eigenvalue weighted by atomic mass is 32.2. The van der Waals surface area contributed by atoms with Crippen molar-refractivity contribution >= 4 is 17.4 Å². The van der Waals surface area contributed by atoms with Crippen molar-refractivity contribution in [3.8, 4) is 11.1 Å². The average Bonchev–Trinajstić information content (AvgIpc) is 2.61. The molecule has 0 aliphatic rings. The molecule has 0 saturated heterocycles. The monoisotopic (exact) mass is 323 g/mol. The molecule has 0 aliphatic carbocycles. The van der Waals surface area contributed by atoms with E-state index in [2.05, 4.69) is 9.97 Å². The van der Waals surface area contributed by atoms with E-state index in [1.165, 1.54) is 17.7 Å². The minimum atomic E-state index is -0.393. The molecule has 0 spiro atoms. The Kier molecular flexibility index (Phi) is 4.63. The van der Waals surface area contributed by atoms with Crippen LogP contribution in [0.25, 0.3) is 11.1 Å². The number of benzene rings is 2. The highest BCUT2D eigenvalue weighted by Gasteiger charge is 2.05. The number of nitrogens with zero attached hydrogens (tertiary/aromatic N) is 3. The van der Waals surface area contributed by atoms with Crippen LogP contribution in [0.3, 0.4) is 0 Å². The fraction of sp³-hybridized carbons (Fsp3) is 0.0588. The maximum absolute atomic E-state index is 10.7. The van der Waals surface area contributed by atoms with E-state index in [9.17, 15) is 10.1 Å². The Hall–Kier alpha value is -2.73. The molecular weight excluding hydrogens is 310 g/mol. The molecule has 0 radical (unpaired) electrons. The highest BCUT2D eigenvalue weighted by Crippen LogP contribution is 2.24. The summed E-state index contributed by atoms with van der Waals surface area (Å²) in [5, 5.41) is 11.4. The van der Waals surface area contributed by atoms with Crippen LogP contribution in [0.4, 0.5) is 5.69 Å². The van der Waals surface area contributed by atoms with E-state index < -0.39 is 4.92 Å². The van der Waals surface area contributed by atoms with Crippen LogP contribution in [0, 0.1) is 10.1 Å². The number of non-ortho nitro benzene ring substituents is 1. The predicted octanol–water partition coefficient (Wildman–Crippen LogP) is 4.34. The maximum Gasteiger partial charge on any atom is 0.269 e. The van der Waals surface area contributed by atoms with Gasteiger partial charge in [0, 0.05) is 30.3 Å². The van der Waals surface area contributed by atoms with Gasteiger partial charge in [-0.2, -0.15) is 0 Å². The fourth-order valence-electron chi connectivity index (χ4n) is 2.08. The maximum atomic E-state index is 10.7. The van der Waals surface area contributed by atoms with Crippen LogP contribution in [-0.4, -0.2) is 14.9 Å². The summed E-state index contributed by atoms with van der Waals surface area (Å²) in [5.41, 5.74) is 3.27. The van der Waals surface area contributed by atoms with Crippen molar-refractivity contribution in [1.82, 2.24) is 9.97 Å². The second kappa shape index (κ2) is 7.02. The Bertz CT molecular complexity index is 790. The molecule has 0 amide bonds. The summed E-state index contributed by atoms with van der Waals surface area (Å²) in [4.78, 5) is 18.6. The van der Waals surface area contributed by atoms with Gasteiger partial charge >= 0.3 is 0 Å². The second-order valence-electron chi connectivity index (χ2n) is 4.82. The summed E-state index contributed by atoms with van der Waals surface area (Å²) >= 11 is 1.58. The van der Waals surface area contributed by atoms with Crippen molar-refractivity contribution in [2.75, 3.05) is 0 Å². The lowest BCUT2D eigenvalue weighted by molar-refractivity contribution is -0.384. The van der Waals surface area contributed by atoms with Crippen LogP contribution in [0.5, 0.6) is 0 Å². The van der Waals surface area contributed by atoms with Gasteiger partial charge < -0.3 is 0 Å². The molecule has 1 aromatic heterocycles. The summed E-state index contributed by atoms with van der Waals surface area (Å²) in [6, 6.07) is 16.5. The van der Waals surface area contributed by atoms with E-state index in [0.29, 0.717) is 0 Å². The van der Waals surface area contributed by atoms with Crippen LogP contribution >= 0.6 is 11.8 Å². The Balaban J connectivity index is 1.68. The van der Waals surface area contributed by atoms with Gasteiger partial charge in [0.15, 0.2) is 5.16 Å². The number of hydrogen-bond acceptors (Lipinski definition) is 5. The zero-order valence-electron chi connectivity index (χ0n) is 12.1. The van der Waals surface area contributed by atoms with E-state index >= 15 is 0 Å². The van der Waals surface area contributed by atoms with Crippen LogP contribution < -0.4 is 0 Å². The molecule has 0 bridgehead atoms. The van der Waals surface area contributed by atoms with E-state index in [4.69, 9.17) is 0 Å². The summed E-state index contributed by atoms with van der Waals surface area (Å²) in [6.45, 7) is 0. The minimum absolute atomic E-state index is 0.102. The lowest BCUT2D eigenvalue weighted by Gasteiger charge is -2.04. The number of aromatic nitrogens is 2. The zero-order chi connectivity index (χ0) is 16.1. The highest BCUT2D eigenvalue weighted by molar-refractivity contribution is 7.98. The molecule has 23 heavy (non-hydrogen) atoms. The van der Waals surface area contributed by atoms with Gasteiger partial charge in [-0.15, -0.1) is 0 Å². The first-order chi connectivity index (χ1) is 11.2. The smallest absolute Gasteiger partial charge is 0.258 e. The van der Waals surface area contributed by atoms with E-state index in [1.54, 1.807) is 42.4 Å². The summed E-state index contributed by atoms with van der Waals surface area (Å²) in [7, 11) is 0. The SMILES string of the molecule is O=[N+]([O-])c1ccc(-c2ccc(CSc3ncccn3)cc2)cc1. The number of nitro benzene ring substituents is 1. The molecule has 114 valence electrons. The molecule has 0 N–H and O–H groups in total. The van der Waals surface area contributed by atoms with E-state index in [0.717, 1.165) is 22.0 Å². The Morgan fingerprint density at radius 1 is 0.913 bits per heavy atom. The quantitative estimate of drug-likeness (QED) is 0.302. The van der Waals surface area contributed by atoms with Crippen molar-refractivity contribution < 1.29 is 4.92 Å². The van der Waals surface area contributed by atoms with Crippen LogP contribution in [0.2, 0.25) is 0 Å². The molecule has 3 rings (SSSR count). The molecule has 5 nitrogen and oxygen atoms in total. The molecule has 0 atom stereocenters. The standard InChI is InChI=1S/C17H13N3O2S/c21-20(22)16-8-6-15(7-9-16)14-4-2-13(3-5-14)12-23-17-18-10-1-11-19-17/h1-11H,12H2. The third-order valence-corrected chi connectivity index (χ3v) is 4.22. The minimum Gasteiger partial charge on any atom is -0.258 e. The van der Waals surface area contributed by atoms with Gasteiger partial charge in [-0.1, -0.05) is 36.0 Å². The summed E-state index contributed by atoms with van der Waals surface area (Å²) in [5.74, 6) is 0.796. The van der Waals surface area contributed by atoms with Crippen LogP contribution in [0.1, 0.15) is 5.56 Å². The first-order valence-electron chi connectivity index (χ1n) is 6.96. The molecule has 2 aromatic carbocycles. The molecule has 0 fully saturated rings. The van der Waals surface area contributed by atoms with E-state index in [1.807, 2.05) is 24.3 Å². The number of thioether (sulfide) groups is 1. The Morgan fingerprint density at radius 2 is 1.48 bits per heavy atom. The van der Waals surface area contributed by atoms with Gasteiger partial charge in [-0.05, 0) is 34.9 Å². The van der Waals surface area contributed by atoms with Gasteiger partial charge in [-0.25, -0.2) is 9.97 Å². The predicted molar refractivity (Wildman–Crippen MR) is 90.1 cm³/mol. The Morgan fingerprint density at radius 3 is 2.04 bits per heavy atom. The van der Waals surface area contributed by atoms with Crippen LogP contribution in [-0.2, 0) is 5.75 Å². The van der Waals surface area contributed by atoms with Crippen molar-refractivity contribution in [3.63, 3.8) is 0 Å². The number of nitro groups is 1. The van der Waals surface area contributed by atoms with Crippen LogP contribution in [0.15, 0.2) is 72.1 Å². The van der Waals surface area contributed by atoms with Crippen molar-refractivity contribution in [1.29, 1.82) is 0 Å². The molecule has 0 aliphatic heterocycles. The van der Waals surface area contributed by atoms with Gasteiger partial charge in [0.2, 0.25) is 0 Å². The van der Waals surface area contributed by atoms with Gasteiger partial charge in [0.05, 0.1) is 4.92 Å². The largest absolute Gasteiger partial charge is 0.269 e. The third kappa shape index (κ3) is 3.92. The topological polar surface area (TPSA) is 68.9 Å². The molecular formula is C17H13N3O2S. The molecule has 1 heterocycles. The average molecular weight is 323 g/mol. The first kappa shape index (κ1) is 15.2. The zero-order valence-corrected chi connectivity index (χ0v) is 12.9. The third-order valence-electron chi connectivity index (χ3n) is 3.28. The fourth-order valence-corrected chi connectivity index (χ4v) is 2.84. The lowest BCUT2D eigenvalue weighted by atomic mass is 10.0. The number of rotatable bonds is 5.